The van der Waals surface area contributed by atoms with E-state index in [9.17, 15) is 9.50 Å². The average Bonchev–Trinajstić information content (AvgIpc) is 3.61. The number of anilines is 1. The van der Waals surface area contributed by atoms with E-state index in [0.717, 1.165) is 52.5 Å². The smallest absolute Gasteiger partial charge is 0.290 e. The average molecular weight is 496 g/mol. The first-order valence-electron chi connectivity index (χ1n) is 11.0. The number of aliphatic hydroxyl groups is 1. The maximum Gasteiger partial charge on any atom is 0.290 e. The molecular formula is C24H22FN5O4S. The molecule has 6 rings (SSSR count). The standard InChI is InChI=1S/C23H20FN5O2S.CH2O2/c24-19-6-5-15(22-18(19)10-28-32-22)20-7-16-17(9-26-23(25)21(16)31-20)12-8-27-29(11-12)13-1-3-14(30)4-2-13;2-1-3/h5-11,13-14,30H,1-4H2,(H2,25,26);1H,(H,2,3). The van der Waals surface area contributed by atoms with Crippen molar-refractivity contribution in [1.82, 2.24) is 19.1 Å². The fraction of sp³-hybridized carbons (Fsp3) is 0.250. The van der Waals surface area contributed by atoms with Crippen LogP contribution in [0.15, 0.2) is 47.4 Å². The molecule has 0 radical (unpaired) electrons. The molecule has 1 saturated carbocycles. The number of fused-ring (bicyclic) bond motifs is 2. The quantitative estimate of drug-likeness (QED) is 0.301. The summed E-state index contributed by atoms with van der Waals surface area (Å²) in [6.45, 7) is -0.250. The first-order chi connectivity index (χ1) is 17.0. The van der Waals surface area contributed by atoms with Gasteiger partial charge in [0.1, 0.15) is 11.6 Å². The molecule has 0 atom stereocenters. The number of aromatic nitrogens is 4. The van der Waals surface area contributed by atoms with Crippen LogP contribution in [0.3, 0.4) is 0 Å². The second-order valence-electron chi connectivity index (χ2n) is 8.35. The second kappa shape index (κ2) is 9.43. The molecule has 4 heterocycles. The molecule has 0 saturated heterocycles. The van der Waals surface area contributed by atoms with Crippen molar-refractivity contribution in [2.45, 2.75) is 37.8 Å². The maximum atomic E-state index is 14.1. The van der Waals surface area contributed by atoms with Gasteiger partial charge >= 0.3 is 0 Å². The lowest BCUT2D eigenvalue weighted by atomic mass is 9.93. The molecule has 9 nitrogen and oxygen atoms in total. The lowest BCUT2D eigenvalue weighted by Crippen LogP contribution is -2.21. The largest absolute Gasteiger partial charge is 0.483 e. The zero-order valence-electron chi connectivity index (χ0n) is 18.5. The van der Waals surface area contributed by atoms with Gasteiger partial charge < -0.3 is 20.4 Å². The Morgan fingerprint density at radius 2 is 1.91 bits per heavy atom. The molecule has 4 N–H and O–H groups in total. The van der Waals surface area contributed by atoms with Crippen LogP contribution in [-0.2, 0) is 4.79 Å². The van der Waals surface area contributed by atoms with Gasteiger partial charge in [-0.05, 0) is 55.4 Å². The monoisotopic (exact) mass is 495 g/mol. The van der Waals surface area contributed by atoms with Crippen LogP contribution >= 0.6 is 11.5 Å². The number of hydrogen-bond acceptors (Lipinski definition) is 8. The zero-order chi connectivity index (χ0) is 24.5. The minimum atomic E-state index is -0.307. The first kappa shape index (κ1) is 22.9. The van der Waals surface area contributed by atoms with Gasteiger partial charge in [-0.1, -0.05) is 0 Å². The molecule has 0 bridgehead atoms. The van der Waals surface area contributed by atoms with E-state index < -0.39 is 0 Å². The molecular weight excluding hydrogens is 473 g/mol. The van der Waals surface area contributed by atoms with E-state index >= 15 is 0 Å². The molecule has 1 aliphatic rings. The van der Waals surface area contributed by atoms with Crippen molar-refractivity contribution in [2.75, 3.05) is 5.73 Å². The van der Waals surface area contributed by atoms with E-state index in [4.69, 9.17) is 20.1 Å². The highest BCUT2D eigenvalue weighted by Gasteiger charge is 2.23. The predicted molar refractivity (Wildman–Crippen MR) is 130 cm³/mol. The van der Waals surface area contributed by atoms with E-state index in [1.807, 2.05) is 23.1 Å². The summed E-state index contributed by atoms with van der Waals surface area (Å²) in [6.07, 6.45) is 10.3. The van der Waals surface area contributed by atoms with Gasteiger partial charge in [-0.2, -0.15) is 9.47 Å². The maximum absolute atomic E-state index is 14.1. The summed E-state index contributed by atoms with van der Waals surface area (Å²) in [7, 11) is 0. The van der Waals surface area contributed by atoms with Gasteiger partial charge in [0, 0.05) is 39.9 Å². The molecule has 1 aromatic carbocycles. The number of carboxylic acid groups (broad SMARTS) is 1. The van der Waals surface area contributed by atoms with E-state index in [0.29, 0.717) is 22.5 Å². The third-order valence-corrected chi connectivity index (χ3v) is 7.11. The van der Waals surface area contributed by atoms with Crippen LogP contribution in [-0.4, -0.2) is 41.9 Å². The SMILES string of the molecule is Nc1ncc(-c2cnn(C3CCC(O)CC3)c2)c2cc(-c3ccc(F)c4cnsc34)oc12.O=CO. The van der Waals surface area contributed by atoms with Gasteiger partial charge in [0.25, 0.3) is 6.47 Å². The molecule has 4 aromatic heterocycles. The molecule has 0 spiro atoms. The third kappa shape index (κ3) is 4.24. The highest BCUT2D eigenvalue weighted by Crippen LogP contribution is 2.40. The second-order valence-corrected chi connectivity index (χ2v) is 9.15. The normalized spacial score (nSPS) is 17.9. The fourth-order valence-electron chi connectivity index (χ4n) is 4.53. The van der Waals surface area contributed by atoms with Crippen LogP contribution in [0.1, 0.15) is 31.7 Å². The Morgan fingerprint density at radius 3 is 2.69 bits per heavy atom. The van der Waals surface area contributed by atoms with Crippen molar-refractivity contribution < 1.29 is 23.8 Å². The van der Waals surface area contributed by atoms with Gasteiger partial charge in [0.2, 0.25) is 0 Å². The third-order valence-electron chi connectivity index (χ3n) is 6.27. The number of nitrogen functional groups attached to an aromatic ring is 1. The minimum absolute atomic E-state index is 0.206. The van der Waals surface area contributed by atoms with Crippen LogP contribution in [0.2, 0.25) is 0 Å². The number of pyridine rings is 1. The molecule has 0 aliphatic heterocycles. The van der Waals surface area contributed by atoms with Crippen LogP contribution in [0.25, 0.3) is 43.5 Å². The Kier molecular flexibility index (Phi) is 6.18. The number of aliphatic hydroxyl groups excluding tert-OH is 1. The van der Waals surface area contributed by atoms with E-state index in [1.54, 1.807) is 12.3 Å². The van der Waals surface area contributed by atoms with Crippen LogP contribution < -0.4 is 5.73 Å². The summed E-state index contributed by atoms with van der Waals surface area (Å²) in [5.41, 5.74) is 9.18. The Morgan fingerprint density at radius 1 is 1.14 bits per heavy atom. The zero-order valence-corrected chi connectivity index (χ0v) is 19.3. The Hall–Kier alpha value is -3.83. The number of nitrogens with zero attached hydrogens (tertiary/aromatic N) is 4. The van der Waals surface area contributed by atoms with Crippen molar-refractivity contribution in [3.63, 3.8) is 0 Å². The Bertz CT molecular complexity index is 1500. The van der Waals surface area contributed by atoms with Gasteiger partial charge in [-0.15, -0.1) is 0 Å². The number of hydrogen-bond donors (Lipinski definition) is 3. The van der Waals surface area contributed by atoms with Gasteiger partial charge in [0.15, 0.2) is 11.4 Å². The first-order valence-corrected chi connectivity index (χ1v) is 11.8. The lowest BCUT2D eigenvalue weighted by Gasteiger charge is -2.25. The Balaban J connectivity index is 0.000000806. The summed E-state index contributed by atoms with van der Waals surface area (Å²) in [4.78, 5) is 12.7. The van der Waals surface area contributed by atoms with Crippen LogP contribution in [0.4, 0.5) is 10.2 Å². The number of halogens is 1. The van der Waals surface area contributed by atoms with Crippen LogP contribution in [0, 0.1) is 5.82 Å². The Labute approximate surface area is 202 Å². The van der Waals surface area contributed by atoms with Crippen molar-refractivity contribution >= 4 is 44.9 Å². The molecule has 0 unspecified atom stereocenters. The molecule has 1 fully saturated rings. The van der Waals surface area contributed by atoms with Gasteiger partial charge in [-0.25, -0.2) is 9.37 Å². The van der Waals surface area contributed by atoms with Crippen molar-refractivity contribution in [1.29, 1.82) is 0 Å². The lowest BCUT2D eigenvalue weighted by molar-refractivity contribution is -0.122. The summed E-state index contributed by atoms with van der Waals surface area (Å²) < 4.78 is 27.1. The molecule has 180 valence electrons. The van der Waals surface area contributed by atoms with Crippen molar-refractivity contribution in [3.05, 3.63) is 48.8 Å². The molecule has 11 heteroatoms. The topological polar surface area (TPSA) is 140 Å². The van der Waals surface area contributed by atoms with E-state index in [1.165, 1.54) is 23.8 Å². The fourth-order valence-corrected chi connectivity index (χ4v) is 5.30. The summed E-state index contributed by atoms with van der Waals surface area (Å²) in [6, 6.07) is 5.33. The predicted octanol–water partition coefficient (Wildman–Crippen LogP) is 4.87. The summed E-state index contributed by atoms with van der Waals surface area (Å²) in [5, 5.41) is 22.5. The molecule has 0 amide bonds. The molecule has 35 heavy (non-hydrogen) atoms. The van der Waals surface area contributed by atoms with Crippen molar-refractivity contribution in [3.8, 4) is 22.5 Å². The van der Waals surface area contributed by atoms with Crippen LogP contribution in [0.5, 0.6) is 0 Å². The highest BCUT2D eigenvalue weighted by molar-refractivity contribution is 7.13. The van der Waals surface area contributed by atoms with E-state index in [2.05, 4.69) is 14.5 Å². The summed E-state index contributed by atoms with van der Waals surface area (Å²) >= 11 is 1.23. The van der Waals surface area contributed by atoms with Gasteiger partial charge in [0.05, 0.1) is 29.2 Å². The number of furan rings is 1. The number of benzene rings is 1. The number of carbonyl (C=O) groups is 1. The van der Waals surface area contributed by atoms with Gasteiger partial charge in [-0.3, -0.25) is 9.48 Å². The summed E-state index contributed by atoms with van der Waals surface area (Å²) in [5.74, 6) is 0.577. The number of rotatable bonds is 3. The number of nitrogens with two attached hydrogens (primary N) is 1. The van der Waals surface area contributed by atoms with E-state index in [-0.39, 0.29) is 24.4 Å². The minimum Gasteiger partial charge on any atom is -0.483 e. The highest BCUT2D eigenvalue weighted by atomic mass is 32.1. The molecule has 1 aliphatic carbocycles. The molecule has 5 aromatic rings. The van der Waals surface area contributed by atoms with Crippen molar-refractivity contribution in [2.24, 2.45) is 0 Å².